The van der Waals surface area contributed by atoms with Crippen LogP contribution < -0.4 is 4.90 Å². The van der Waals surface area contributed by atoms with E-state index in [1.54, 1.807) is 6.20 Å². The third-order valence-electron chi connectivity index (χ3n) is 4.99. The predicted octanol–water partition coefficient (Wildman–Crippen LogP) is 7.87. The molecule has 3 rings (SSSR count). The van der Waals surface area contributed by atoms with Crippen molar-refractivity contribution in [1.29, 1.82) is 0 Å². The molecule has 0 unspecified atom stereocenters. The monoisotopic (exact) mass is 392 g/mol. The number of rotatable bonds is 7. The highest BCUT2D eigenvalue weighted by atomic mass is 15.1. The molecule has 0 saturated heterocycles. The molecule has 0 radical (unpaired) electrons. The van der Waals surface area contributed by atoms with E-state index in [1.165, 1.54) is 5.56 Å². The van der Waals surface area contributed by atoms with E-state index in [4.69, 9.17) is 0 Å². The van der Waals surface area contributed by atoms with E-state index in [1.807, 2.05) is 43.5 Å². The first-order valence-electron chi connectivity index (χ1n) is 10.1. The highest BCUT2D eigenvalue weighted by Gasteiger charge is 2.14. The fourth-order valence-electron chi connectivity index (χ4n) is 3.60. The fraction of sp³-hybridized carbons (Fsp3) is 0.107. The second-order valence-corrected chi connectivity index (χ2v) is 7.20. The first-order valence-corrected chi connectivity index (χ1v) is 10.1. The van der Waals surface area contributed by atoms with Gasteiger partial charge in [0.15, 0.2) is 0 Å². The van der Waals surface area contributed by atoms with E-state index in [-0.39, 0.29) is 0 Å². The number of hydrogen-bond acceptors (Lipinski definition) is 2. The summed E-state index contributed by atoms with van der Waals surface area (Å²) in [7, 11) is 0. The Morgan fingerprint density at radius 2 is 1.77 bits per heavy atom. The molecule has 0 spiro atoms. The first-order chi connectivity index (χ1) is 14.5. The lowest BCUT2D eigenvalue weighted by Crippen LogP contribution is -2.14. The fourth-order valence-corrected chi connectivity index (χ4v) is 3.60. The Morgan fingerprint density at radius 3 is 2.43 bits per heavy atom. The van der Waals surface area contributed by atoms with Crippen molar-refractivity contribution in [1.82, 2.24) is 4.98 Å². The molecule has 2 heteroatoms. The minimum absolute atomic E-state index is 1.02. The van der Waals surface area contributed by atoms with Gasteiger partial charge in [-0.1, -0.05) is 55.7 Å². The van der Waals surface area contributed by atoms with E-state index in [9.17, 15) is 0 Å². The van der Waals surface area contributed by atoms with E-state index in [0.29, 0.717) is 0 Å². The number of nitrogens with zero attached hydrogens (tertiary/aromatic N) is 2. The molecule has 1 heterocycles. The van der Waals surface area contributed by atoms with Crippen LogP contribution in [0.4, 0.5) is 11.4 Å². The second-order valence-electron chi connectivity index (χ2n) is 7.20. The summed E-state index contributed by atoms with van der Waals surface area (Å²) >= 11 is 0. The standard InChI is InChI=1S/C28H28N2/c1-6-10-21(3)28-16-15-27(18-22(28)4)30(23(5)11-7-2)26-14-8-12-24(19-26)25-13-9-17-29-20-25/h6-20H,2-3H2,1,4-5H3/b10-6-,23-11+. The average molecular weight is 393 g/mol. The van der Waals surface area contributed by atoms with Gasteiger partial charge in [0.1, 0.15) is 0 Å². The number of aryl methyl sites for hydroxylation is 1. The molecule has 30 heavy (non-hydrogen) atoms. The largest absolute Gasteiger partial charge is 0.314 e. The maximum absolute atomic E-state index is 4.26. The molecular formula is C28H28N2. The summed E-state index contributed by atoms with van der Waals surface area (Å²) in [5.74, 6) is 0. The van der Waals surface area contributed by atoms with Crippen molar-refractivity contribution in [2.24, 2.45) is 0 Å². The van der Waals surface area contributed by atoms with Crippen molar-refractivity contribution in [3.63, 3.8) is 0 Å². The van der Waals surface area contributed by atoms with Crippen molar-refractivity contribution >= 4 is 16.9 Å². The third-order valence-corrected chi connectivity index (χ3v) is 4.99. The molecule has 0 fully saturated rings. The number of anilines is 2. The number of benzene rings is 2. The molecule has 0 aliphatic heterocycles. The predicted molar refractivity (Wildman–Crippen MR) is 131 cm³/mol. The average Bonchev–Trinajstić information content (AvgIpc) is 2.75. The van der Waals surface area contributed by atoms with Gasteiger partial charge in [0.25, 0.3) is 0 Å². The van der Waals surface area contributed by atoms with Gasteiger partial charge < -0.3 is 4.90 Å². The zero-order valence-corrected chi connectivity index (χ0v) is 18.0. The normalized spacial score (nSPS) is 11.5. The van der Waals surface area contributed by atoms with E-state index >= 15 is 0 Å². The van der Waals surface area contributed by atoms with Crippen LogP contribution in [0.2, 0.25) is 0 Å². The number of allylic oxidation sites excluding steroid dienone is 6. The summed E-state index contributed by atoms with van der Waals surface area (Å²) in [4.78, 5) is 6.51. The Kier molecular flexibility index (Phi) is 6.82. The molecule has 0 bridgehead atoms. The molecule has 2 aromatic carbocycles. The Bertz CT molecular complexity index is 1100. The molecule has 0 aliphatic carbocycles. The van der Waals surface area contributed by atoms with Gasteiger partial charge in [0.05, 0.1) is 0 Å². The minimum Gasteiger partial charge on any atom is -0.314 e. The summed E-state index contributed by atoms with van der Waals surface area (Å²) < 4.78 is 0. The lowest BCUT2D eigenvalue weighted by atomic mass is 10.00. The van der Waals surface area contributed by atoms with Gasteiger partial charge in [0, 0.05) is 35.0 Å². The van der Waals surface area contributed by atoms with Crippen molar-refractivity contribution < 1.29 is 0 Å². The Hall–Kier alpha value is -3.65. The maximum Gasteiger partial charge on any atom is 0.0464 e. The highest BCUT2D eigenvalue weighted by Crippen LogP contribution is 2.34. The summed E-state index contributed by atoms with van der Waals surface area (Å²) in [6.07, 6.45) is 11.6. The topological polar surface area (TPSA) is 16.1 Å². The summed E-state index contributed by atoms with van der Waals surface area (Å²) in [6.45, 7) is 14.3. The van der Waals surface area contributed by atoms with Gasteiger partial charge in [-0.2, -0.15) is 0 Å². The molecule has 2 nitrogen and oxygen atoms in total. The van der Waals surface area contributed by atoms with Crippen molar-refractivity contribution in [2.45, 2.75) is 20.8 Å². The zero-order valence-electron chi connectivity index (χ0n) is 18.0. The van der Waals surface area contributed by atoms with E-state index < -0.39 is 0 Å². The quantitative estimate of drug-likeness (QED) is 0.380. The SMILES string of the molecule is C=C/C=C(\C)N(c1cccc(-c2cccnc2)c1)c1ccc(C(=C)/C=C\C)c(C)c1. The van der Waals surface area contributed by atoms with Gasteiger partial charge >= 0.3 is 0 Å². The van der Waals surface area contributed by atoms with Gasteiger partial charge in [-0.25, -0.2) is 0 Å². The number of aromatic nitrogens is 1. The van der Waals surface area contributed by atoms with Crippen LogP contribution in [-0.4, -0.2) is 4.98 Å². The van der Waals surface area contributed by atoms with Crippen LogP contribution in [0.25, 0.3) is 16.7 Å². The van der Waals surface area contributed by atoms with Crippen LogP contribution in [-0.2, 0) is 0 Å². The van der Waals surface area contributed by atoms with Crippen molar-refractivity contribution in [3.8, 4) is 11.1 Å². The summed E-state index contributed by atoms with van der Waals surface area (Å²) in [6, 6.07) is 19.1. The number of hydrogen-bond donors (Lipinski definition) is 0. The highest BCUT2D eigenvalue weighted by molar-refractivity contribution is 5.79. The third kappa shape index (κ3) is 4.66. The molecule has 0 N–H and O–H groups in total. The molecule has 0 aliphatic rings. The summed E-state index contributed by atoms with van der Waals surface area (Å²) in [5, 5.41) is 0. The van der Waals surface area contributed by atoms with Gasteiger partial charge in [-0.15, -0.1) is 0 Å². The molecule has 0 atom stereocenters. The molecule has 1 aromatic heterocycles. The second kappa shape index (κ2) is 9.71. The van der Waals surface area contributed by atoms with Crippen LogP contribution in [0.5, 0.6) is 0 Å². The molecular weight excluding hydrogens is 364 g/mol. The lowest BCUT2D eigenvalue weighted by molar-refractivity contribution is 1.15. The van der Waals surface area contributed by atoms with Gasteiger partial charge in [0.2, 0.25) is 0 Å². The smallest absolute Gasteiger partial charge is 0.0464 e. The van der Waals surface area contributed by atoms with E-state index in [2.05, 4.69) is 85.4 Å². The Balaban J connectivity index is 2.09. The van der Waals surface area contributed by atoms with E-state index in [0.717, 1.165) is 39.3 Å². The first kappa shape index (κ1) is 21.1. The van der Waals surface area contributed by atoms with Crippen LogP contribution in [0.1, 0.15) is 25.0 Å². The van der Waals surface area contributed by atoms with Crippen LogP contribution in [0.3, 0.4) is 0 Å². The van der Waals surface area contributed by atoms with Crippen molar-refractivity contribution in [2.75, 3.05) is 4.90 Å². The zero-order chi connectivity index (χ0) is 21.5. The van der Waals surface area contributed by atoms with Gasteiger partial charge in [-0.3, -0.25) is 4.98 Å². The summed E-state index contributed by atoms with van der Waals surface area (Å²) in [5.41, 5.74) is 8.87. The van der Waals surface area contributed by atoms with Crippen molar-refractivity contribution in [3.05, 3.63) is 121 Å². The van der Waals surface area contributed by atoms with Gasteiger partial charge in [-0.05, 0) is 79.4 Å². The molecule has 150 valence electrons. The number of pyridine rings is 1. The lowest BCUT2D eigenvalue weighted by Gasteiger charge is -2.27. The Morgan fingerprint density at radius 1 is 1.00 bits per heavy atom. The minimum atomic E-state index is 1.02. The Labute approximate surface area is 180 Å². The maximum atomic E-state index is 4.26. The van der Waals surface area contributed by atoms with Crippen LogP contribution in [0.15, 0.2) is 110 Å². The van der Waals surface area contributed by atoms with Crippen LogP contribution in [0, 0.1) is 6.92 Å². The van der Waals surface area contributed by atoms with Crippen LogP contribution >= 0.6 is 0 Å². The molecule has 0 saturated carbocycles. The molecule has 3 aromatic rings. The molecule has 0 amide bonds.